The lowest BCUT2D eigenvalue weighted by Crippen LogP contribution is -2.52. The Bertz CT molecular complexity index is 861. The second-order valence-electron chi connectivity index (χ2n) is 18.5. The van der Waals surface area contributed by atoms with E-state index < -0.39 is 5.60 Å². The number of piperazine rings is 1. The summed E-state index contributed by atoms with van der Waals surface area (Å²) in [5, 5.41) is 0. The van der Waals surface area contributed by atoms with E-state index in [1.165, 1.54) is 186 Å². The van der Waals surface area contributed by atoms with Crippen LogP contribution in [0.25, 0.3) is 0 Å². The molecule has 0 aromatic heterocycles. The minimum absolute atomic E-state index is 0.208. The van der Waals surface area contributed by atoms with Crippen molar-refractivity contribution in [2.24, 2.45) is 0 Å². The molecule has 0 atom stereocenters. The van der Waals surface area contributed by atoms with Gasteiger partial charge in [-0.05, 0) is 53.1 Å². The molecule has 0 aliphatic carbocycles. The van der Waals surface area contributed by atoms with Crippen molar-refractivity contribution in [2.75, 3.05) is 65.4 Å². The predicted molar refractivity (Wildman–Crippen MR) is 243 cm³/mol. The van der Waals surface area contributed by atoms with E-state index in [-0.39, 0.29) is 6.09 Å². The summed E-state index contributed by atoms with van der Waals surface area (Å²) in [6, 6.07) is 0. The average molecular weight is 791 g/mol. The van der Waals surface area contributed by atoms with Crippen LogP contribution in [-0.4, -0.2) is 103 Å². The van der Waals surface area contributed by atoms with Gasteiger partial charge in [0.15, 0.2) is 0 Å². The number of rotatable bonds is 38. The maximum Gasteiger partial charge on any atom is 0.410 e. The minimum atomic E-state index is -0.474. The third-order valence-corrected chi connectivity index (χ3v) is 11.9. The van der Waals surface area contributed by atoms with Gasteiger partial charge in [-0.3, -0.25) is 14.6 Å². The Morgan fingerprint density at radius 1 is 0.464 bits per heavy atom. The maximum absolute atomic E-state index is 14.2. The first-order chi connectivity index (χ1) is 27.2. The number of carbonyl (C=O) groups excluding carboxylic acids is 2. The Kier molecular flexibility index (Phi) is 34.5. The van der Waals surface area contributed by atoms with Gasteiger partial charge in [-0.1, -0.05) is 194 Å². The molecule has 1 aliphatic heterocycles. The van der Waals surface area contributed by atoms with Crippen LogP contribution in [0.3, 0.4) is 0 Å². The molecule has 1 heterocycles. The molecule has 0 unspecified atom stereocenters. The van der Waals surface area contributed by atoms with Crippen LogP contribution in [0.5, 0.6) is 0 Å². The van der Waals surface area contributed by atoms with E-state index in [0.717, 1.165) is 52.2 Å². The van der Waals surface area contributed by atoms with Crippen LogP contribution in [-0.2, 0) is 9.53 Å². The molecule has 0 radical (unpaired) electrons. The molecule has 0 spiro atoms. The van der Waals surface area contributed by atoms with Crippen molar-refractivity contribution in [3.05, 3.63) is 0 Å². The van der Waals surface area contributed by atoms with E-state index in [4.69, 9.17) is 4.74 Å². The van der Waals surface area contributed by atoms with E-state index in [1.54, 1.807) is 0 Å². The van der Waals surface area contributed by atoms with Gasteiger partial charge >= 0.3 is 6.09 Å². The van der Waals surface area contributed by atoms with Crippen molar-refractivity contribution in [1.82, 2.24) is 19.6 Å². The number of hydrogen-bond donors (Lipinski definition) is 0. The van der Waals surface area contributed by atoms with E-state index in [9.17, 15) is 9.59 Å². The van der Waals surface area contributed by atoms with Crippen molar-refractivity contribution in [1.29, 1.82) is 0 Å². The fourth-order valence-corrected chi connectivity index (χ4v) is 8.10. The van der Waals surface area contributed by atoms with Gasteiger partial charge in [0.1, 0.15) is 5.60 Å². The summed E-state index contributed by atoms with van der Waals surface area (Å²) in [4.78, 5) is 35.8. The Morgan fingerprint density at radius 2 is 0.804 bits per heavy atom. The Hall–Kier alpha value is -1.34. The van der Waals surface area contributed by atoms with E-state index in [2.05, 4.69) is 35.5 Å². The number of ether oxygens (including phenoxy) is 1. The second kappa shape index (κ2) is 36.7. The molecule has 1 rings (SSSR count). The van der Waals surface area contributed by atoms with Gasteiger partial charge in [-0.15, -0.1) is 0 Å². The first-order valence-corrected chi connectivity index (χ1v) is 24.9. The highest BCUT2D eigenvalue weighted by atomic mass is 16.6. The predicted octanol–water partition coefficient (Wildman–Crippen LogP) is 13.4. The van der Waals surface area contributed by atoms with Gasteiger partial charge in [0.25, 0.3) is 0 Å². The summed E-state index contributed by atoms with van der Waals surface area (Å²) in [7, 11) is 0. The van der Waals surface area contributed by atoms with Crippen LogP contribution >= 0.6 is 0 Å². The molecule has 2 amide bonds. The SMILES string of the molecule is CCCCCCCCCCCCN(CCCCCCCCCCCC)CC(=O)N(CCCCCCCCCCCC)CCN1CCN(C(=O)OC(C)(C)C)CC1. The van der Waals surface area contributed by atoms with Gasteiger partial charge in [-0.25, -0.2) is 4.79 Å². The molecule has 1 aliphatic rings. The molecule has 0 saturated carbocycles. The van der Waals surface area contributed by atoms with E-state index in [1.807, 2.05) is 25.7 Å². The smallest absolute Gasteiger partial charge is 0.410 e. The molecule has 7 heteroatoms. The highest BCUT2D eigenvalue weighted by Gasteiger charge is 2.26. The van der Waals surface area contributed by atoms with Crippen molar-refractivity contribution in [3.8, 4) is 0 Å². The standard InChI is InChI=1S/C49H98N4O3/c1-7-10-13-16-19-22-25-28-31-34-37-51(38-35-32-29-26-23-20-17-14-11-8-2)46-47(54)52(39-36-33-30-27-24-21-18-15-12-9-3)43-40-50-41-44-53(45-42-50)48(55)56-49(4,5)6/h7-46H2,1-6H3. The summed E-state index contributed by atoms with van der Waals surface area (Å²) in [6.07, 6.45) is 39.9. The lowest BCUT2D eigenvalue weighted by molar-refractivity contribution is -0.132. The first-order valence-electron chi connectivity index (χ1n) is 24.9. The molecule has 332 valence electrons. The molecule has 0 aromatic carbocycles. The molecule has 7 nitrogen and oxygen atoms in total. The fourth-order valence-electron chi connectivity index (χ4n) is 8.10. The molecule has 1 saturated heterocycles. The van der Waals surface area contributed by atoms with Gasteiger partial charge in [0.2, 0.25) is 5.91 Å². The average Bonchev–Trinajstić information content (AvgIpc) is 3.17. The zero-order valence-corrected chi connectivity index (χ0v) is 38.8. The van der Waals surface area contributed by atoms with Crippen molar-refractivity contribution in [2.45, 2.75) is 240 Å². The normalized spacial score (nSPS) is 13.9. The highest BCUT2D eigenvalue weighted by Crippen LogP contribution is 2.16. The van der Waals surface area contributed by atoms with Crippen LogP contribution in [0.2, 0.25) is 0 Å². The van der Waals surface area contributed by atoms with Crippen LogP contribution in [0.4, 0.5) is 4.79 Å². The molecular weight excluding hydrogens is 693 g/mol. The van der Waals surface area contributed by atoms with Crippen LogP contribution in [0.1, 0.15) is 234 Å². The van der Waals surface area contributed by atoms with Crippen molar-refractivity contribution in [3.63, 3.8) is 0 Å². The van der Waals surface area contributed by atoms with Crippen molar-refractivity contribution >= 4 is 12.0 Å². The number of nitrogens with zero attached hydrogens (tertiary/aromatic N) is 4. The fraction of sp³-hybridized carbons (Fsp3) is 0.959. The van der Waals surface area contributed by atoms with Crippen molar-refractivity contribution < 1.29 is 14.3 Å². The molecule has 56 heavy (non-hydrogen) atoms. The van der Waals surface area contributed by atoms with E-state index >= 15 is 0 Å². The summed E-state index contributed by atoms with van der Waals surface area (Å²) in [6.45, 7) is 20.9. The van der Waals surface area contributed by atoms with Gasteiger partial charge < -0.3 is 14.5 Å². The summed E-state index contributed by atoms with van der Waals surface area (Å²) in [5.41, 5.74) is -0.474. The summed E-state index contributed by atoms with van der Waals surface area (Å²) in [5.74, 6) is 0.326. The van der Waals surface area contributed by atoms with E-state index in [0.29, 0.717) is 25.5 Å². The monoisotopic (exact) mass is 791 g/mol. The third-order valence-electron chi connectivity index (χ3n) is 11.9. The first kappa shape index (κ1) is 52.7. The molecule has 0 N–H and O–H groups in total. The quantitative estimate of drug-likeness (QED) is 0.0583. The molecular formula is C49H98N4O3. The molecule has 1 fully saturated rings. The molecule has 0 aromatic rings. The lowest BCUT2D eigenvalue weighted by atomic mass is 10.1. The zero-order valence-electron chi connectivity index (χ0n) is 38.8. The number of unbranched alkanes of at least 4 members (excludes halogenated alkanes) is 27. The maximum atomic E-state index is 14.2. The minimum Gasteiger partial charge on any atom is -0.444 e. The Balaban J connectivity index is 2.70. The lowest BCUT2D eigenvalue weighted by Gasteiger charge is -2.36. The molecule has 0 bridgehead atoms. The largest absolute Gasteiger partial charge is 0.444 e. The van der Waals surface area contributed by atoms with Gasteiger partial charge in [-0.2, -0.15) is 0 Å². The number of carbonyl (C=O) groups is 2. The Morgan fingerprint density at radius 3 is 1.16 bits per heavy atom. The topological polar surface area (TPSA) is 56.3 Å². The third kappa shape index (κ3) is 31.6. The number of hydrogen-bond acceptors (Lipinski definition) is 5. The number of amides is 2. The second-order valence-corrected chi connectivity index (χ2v) is 18.5. The highest BCUT2D eigenvalue weighted by molar-refractivity contribution is 5.78. The van der Waals surface area contributed by atoms with Gasteiger partial charge in [0.05, 0.1) is 6.54 Å². The van der Waals surface area contributed by atoms with Crippen LogP contribution in [0.15, 0.2) is 0 Å². The van der Waals surface area contributed by atoms with Crippen LogP contribution in [0, 0.1) is 0 Å². The Labute approximate surface area is 350 Å². The summed E-state index contributed by atoms with van der Waals surface area (Å²) >= 11 is 0. The summed E-state index contributed by atoms with van der Waals surface area (Å²) < 4.78 is 5.63. The van der Waals surface area contributed by atoms with Gasteiger partial charge in [0, 0.05) is 45.8 Å². The zero-order chi connectivity index (χ0) is 41.0. The van der Waals surface area contributed by atoms with Crippen LogP contribution < -0.4 is 0 Å².